The number of amides is 1. The minimum absolute atomic E-state index is 0. The third-order valence-electron chi connectivity index (χ3n) is 5.91. The van der Waals surface area contributed by atoms with E-state index in [9.17, 15) is 4.79 Å². The second-order valence-electron chi connectivity index (χ2n) is 8.06. The SMILES string of the molecule is CCNC(=NCC1CC(=O)Nc2ccccc21)NCCN1c2ccccc2CC1C.I. The zero-order valence-electron chi connectivity index (χ0n) is 18.2. The number of hydrogen-bond donors (Lipinski definition) is 3. The van der Waals surface area contributed by atoms with E-state index in [2.05, 4.69) is 65.0 Å². The van der Waals surface area contributed by atoms with Gasteiger partial charge >= 0.3 is 0 Å². The van der Waals surface area contributed by atoms with Crippen LogP contribution in [0.2, 0.25) is 0 Å². The van der Waals surface area contributed by atoms with Crippen LogP contribution in [0.15, 0.2) is 53.5 Å². The van der Waals surface area contributed by atoms with Crippen LogP contribution in [0.3, 0.4) is 0 Å². The van der Waals surface area contributed by atoms with Gasteiger partial charge in [0, 0.05) is 49.4 Å². The molecular weight excluding hydrogens is 501 g/mol. The van der Waals surface area contributed by atoms with Gasteiger partial charge in [0.05, 0.1) is 6.54 Å². The Morgan fingerprint density at radius 1 is 1.13 bits per heavy atom. The van der Waals surface area contributed by atoms with E-state index >= 15 is 0 Å². The number of rotatable bonds is 6. The van der Waals surface area contributed by atoms with E-state index in [1.54, 1.807) is 0 Å². The van der Waals surface area contributed by atoms with Gasteiger partial charge in [0.15, 0.2) is 5.96 Å². The predicted molar refractivity (Wildman–Crippen MR) is 139 cm³/mol. The second kappa shape index (κ2) is 10.8. The molecule has 0 bridgehead atoms. The number of anilines is 2. The first kappa shape index (κ1) is 23.4. The van der Waals surface area contributed by atoms with Crippen molar-refractivity contribution in [3.8, 4) is 0 Å². The molecular formula is C24H32IN5O. The number of para-hydroxylation sites is 2. The number of carbonyl (C=O) groups is 1. The molecule has 4 rings (SSSR count). The van der Waals surface area contributed by atoms with Crippen molar-refractivity contribution in [1.82, 2.24) is 10.6 Å². The molecule has 0 radical (unpaired) electrons. The number of nitrogens with zero attached hydrogens (tertiary/aromatic N) is 2. The molecule has 2 aliphatic heterocycles. The first-order chi connectivity index (χ1) is 14.7. The van der Waals surface area contributed by atoms with Gasteiger partial charge in [-0.2, -0.15) is 0 Å². The Labute approximate surface area is 201 Å². The van der Waals surface area contributed by atoms with Crippen LogP contribution in [0.25, 0.3) is 0 Å². The van der Waals surface area contributed by atoms with Crippen molar-refractivity contribution in [3.05, 3.63) is 59.7 Å². The molecule has 1 amide bonds. The fourth-order valence-electron chi connectivity index (χ4n) is 4.47. The number of nitrogens with one attached hydrogen (secondary N) is 3. The maximum atomic E-state index is 12.1. The van der Waals surface area contributed by atoms with Crippen LogP contribution in [0.1, 0.15) is 37.3 Å². The molecule has 0 saturated heterocycles. The molecule has 2 unspecified atom stereocenters. The maximum Gasteiger partial charge on any atom is 0.225 e. The summed E-state index contributed by atoms with van der Waals surface area (Å²) in [6.07, 6.45) is 1.58. The Morgan fingerprint density at radius 3 is 2.74 bits per heavy atom. The van der Waals surface area contributed by atoms with Gasteiger partial charge in [-0.1, -0.05) is 36.4 Å². The average Bonchev–Trinajstić information content (AvgIpc) is 3.07. The van der Waals surface area contributed by atoms with E-state index in [0.717, 1.165) is 37.7 Å². The van der Waals surface area contributed by atoms with Gasteiger partial charge in [-0.25, -0.2) is 0 Å². The number of hydrogen-bond acceptors (Lipinski definition) is 3. The number of guanidine groups is 1. The number of aliphatic imine (C=N–C) groups is 1. The van der Waals surface area contributed by atoms with Crippen LogP contribution in [0.5, 0.6) is 0 Å². The van der Waals surface area contributed by atoms with Gasteiger partial charge in [0.25, 0.3) is 0 Å². The van der Waals surface area contributed by atoms with Gasteiger partial charge in [0.2, 0.25) is 5.91 Å². The van der Waals surface area contributed by atoms with E-state index in [1.165, 1.54) is 16.8 Å². The Morgan fingerprint density at radius 2 is 1.90 bits per heavy atom. The van der Waals surface area contributed by atoms with Gasteiger partial charge < -0.3 is 20.9 Å². The van der Waals surface area contributed by atoms with Crippen LogP contribution in [-0.2, 0) is 11.2 Å². The summed E-state index contributed by atoms with van der Waals surface area (Å²) in [5.41, 5.74) is 4.85. The molecule has 0 aliphatic carbocycles. The lowest BCUT2D eigenvalue weighted by molar-refractivity contribution is -0.116. The highest BCUT2D eigenvalue weighted by molar-refractivity contribution is 14.0. The molecule has 6 nitrogen and oxygen atoms in total. The zero-order valence-corrected chi connectivity index (χ0v) is 20.6. The summed E-state index contributed by atoms with van der Waals surface area (Å²) >= 11 is 0. The van der Waals surface area contributed by atoms with Crippen molar-refractivity contribution >= 4 is 47.2 Å². The first-order valence-electron chi connectivity index (χ1n) is 10.9. The molecule has 0 spiro atoms. The Hall–Kier alpha value is -2.29. The highest BCUT2D eigenvalue weighted by atomic mass is 127. The lowest BCUT2D eigenvalue weighted by Gasteiger charge is -2.26. The summed E-state index contributed by atoms with van der Waals surface area (Å²) in [4.78, 5) is 19.3. The van der Waals surface area contributed by atoms with Crippen molar-refractivity contribution in [3.63, 3.8) is 0 Å². The largest absolute Gasteiger partial charge is 0.367 e. The standard InChI is InChI=1S/C24H31N5O.HI/c1-3-25-24(26-12-13-29-17(2)14-18-8-4-7-11-22(18)29)27-16-19-15-23(30)28-21-10-6-5-9-20(19)21;/h4-11,17,19H,3,12-16H2,1-2H3,(H,28,30)(H2,25,26,27);1H. The second-order valence-corrected chi connectivity index (χ2v) is 8.06. The summed E-state index contributed by atoms with van der Waals surface area (Å²) in [5, 5.41) is 9.76. The fourth-order valence-corrected chi connectivity index (χ4v) is 4.47. The summed E-state index contributed by atoms with van der Waals surface area (Å²) in [6, 6.07) is 17.2. The van der Waals surface area contributed by atoms with Gasteiger partial charge in [-0.05, 0) is 43.5 Å². The number of carbonyl (C=O) groups excluding carboxylic acids is 1. The molecule has 2 aromatic rings. The van der Waals surface area contributed by atoms with Gasteiger partial charge in [0.1, 0.15) is 0 Å². The Kier molecular flexibility index (Phi) is 8.17. The molecule has 2 atom stereocenters. The van der Waals surface area contributed by atoms with Crippen molar-refractivity contribution in [2.45, 2.75) is 38.6 Å². The molecule has 2 heterocycles. The van der Waals surface area contributed by atoms with Crippen LogP contribution >= 0.6 is 24.0 Å². The van der Waals surface area contributed by atoms with Crippen molar-refractivity contribution < 1.29 is 4.79 Å². The van der Waals surface area contributed by atoms with E-state index in [0.29, 0.717) is 19.0 Å². The lowest BCUT2D eigenvalue weighted by atomic mass is 9.91. The molecule has 0 saturated carbocycles. The smallest absolute Gasteiger partial charge is 0.225 e. The molecule has 0 aromatic heterocycles. The predicted octanol–water partition coefficient (Wildman–Crippen LogP) is 3.74. The van der Waals surface area contributed by atoms with E-state index < -0.39 is 0 Å². The topological polar surface area (TPSA) is 68.8 Å². The maximum absolute atomic E-state index is 12.1. The fraction of sp³-hybridized carbons (Fsp3) is 0.417. The summed E-state index contributed by atoms with van der Waals surface area (Å²) < 4.78 is 0. The van der Waals surface area contributed by atoms with Crippen molar-refractivity contribution in [2.75, 3.05) is 36.4 Å². The normalized spacial score (nSPS) is 19.7. The van der Waals surface area contributed by atoms with E-state index in [-0.39, 0.29) is 35.8 Å². The molecule has 166 valence electrons. The molecule has 2 aliphatic rings. The quantitative estimate of drug-likeness (QED) is 0.301. The van der Waals surface area contributed by atoms with Crippen LogP contribution < -0.4 is 20.9 Å². The van der Waals surface area contributed by atoms with Crippen LogP contribution in [0.4, 0.5) is 11.4 Å². The van der Waals surface area contributed by atoms with Gasteiger partial charge in [-0.3, -0.25) is 9.79 Å². The molecule has 2 aromatic carbocycles. The minimum Gasteiger partial charge on any atom is -0.367 e. The first-order valence-corrected chi connectivity index (χ1v) is 10.9. The van der Waals surface area contributed by atoms with Crippen molar-refractivity contribution in [2.24, 2.45) is 4.99 Å². The number of fused-ring (bicyclic) bond motifs is 2. The molecule has 7 heteroatoms. The van der Waals surface area contributed by atoms with E-state index in [1.807, 2.05) is 18.2 Å². The third-order valence-corrected chi connectivity index (χ3v) is 5.91. The van der Waals surface area contributed by atoms with E-state index in [4.69, 9.17) is 4.99 Å². The molecule has 3 N–H and O–H groups in total. The van der Waals surface area contributed by atoms with Crippen LogP contribution in [0, 0.1) is 0 Å². The molecule has 0 fully saturated rings. The van der Waals surface area contributed by atoms with Crippen LogP contribution in [-0.4, -0.2) is 44.1 Å². The minimum atomic E-state index is 0. The highest BCUT2D eigenvalue weighted by Gasteiger charge is 2.26. The van der Waals surface area contributed by atoms with Crippen molar-refractivity contribution in [1.29, 1.82) is 0 Å². The summed E-state index contributed by atoms with van der Waals surface area (Å²) in [5.74, 6) is 0.977. The monoisotopic (exact) mass is 533 g/mol. The molecule has 31 heavy (non-hydrogen) atoms. The summed E-state index contributed by atoms with van der Waals surface area (Å²) in [7, 11) is 0. The Bertz CT molecular complexity index is 932. The number of benzene rings is 2. The van der Waals surface area contributed by atoms with Gasteiger partial charge in [-0.15, -0.1) is 24.0 Å². The number of halogens is 1. The highest BCUT2D eigenvalue weighted by Crippen LogP contribution is 2.32. The lowest BCUT2D eigenvalue weighted by Crippen LogP contribution is -2.43. The Balaban J connectivity index is 0.00000272. The summed E-state index contributed by atoms with van der Waals surface area (Å²) in [6.45, 7) is 7.48. The average molecular weight is 533 g/mol. The third kappa shape index (κ3) is 5.50. The zero-order chi connectivity index (χ0) is 20.9.